The van der Waals surface area contributed by atoms with Crippen molar-refractivity contribution in [3.63, 3.8) is 0 Å². The van der Waals surface area contributed by atoms with Crippen molar-refractivity contribution in [2.24, 2.45) is 11.7 Å². The Balaban J connectivity index is 2.86. The minimum atomic E-state index is -0.187. The highest BCUT2D eigenvalue weighted by Gasteiger charge is 2.22. The predicted octanol–water partition coefficient (Wildman–Crippen LogP) is 2.15. The number of hydrogen-bond acceptors (Lipinski definition) is 4. The zero-order valence-corrected chi connectivity index (χ0v) is 11.0. The maximum absolute atomic E-state index is 6.20. The van der Waals surface area contributed by atoms with E-state index in [0.717, 1.165) is 11.3 Å². The molecule has 2 atom stereocenters. The summed E-state index contributed by atoms with van der Waals surface area (Å²) in [4.78, 5) is 4.14. The monoisotopic (exact) mass is 238 g/mol. The average molecular weight is 238 g/mol. The van der Waals surface area contributed by atoms with Crippen LogP contribution in [-0.4, -0.2) is 24.8 Å². The van der Waals surface area contributed by atoms with Crippen LogP contribution in [0, 0.1) is 5.92 Å². The highest BCUT2D eigenvalue weighted by molar-refractivity contribution is 5.26. The van der Waals surface area contributed by atoms with Gasteiger partial charge >= 0.3 is 0 Å². The molecule has 0 saturated heterocycles. The van der Waals surface area contributed by atoms with E-state index in [0.29, 0.717) is 12.5 Å². The van der Waals surface area contributed by atoms with Gasteiger partial charge in [-0.3, -0.25) is 4.98 Å². The van der Waals surface area contributed by atoms with Gasteiger partial charge in [-0.15, -0.1) is 0 Å². The van der Waals surface area contributed by atoms with Gasteiger partial charge in [-0.2, -0.15) is 0 Å². The fourth-order valence-electron chi connectivity index (χ4n) is 1.89. The Kier molecular flexibility index (Phi) is 5.38. The zero-order chi connectivity index (χ0) is 12.8. The molecule has 0 bridgehead atoms. The van der Waals surface area contributed by atoms with Crippen molar-refractivity contribution < 1.29 is 9.47 Å². The Morgan fingerprint density at radius 3 is 2.59 bits per heavy atom. The number of nitrogens with zero attached hydrogens (tertiary/aromatic N) is 1. The van der Waals surface area contributed by atoms with E-state index in [9.17, 15) is 0 Å². The Morgan fingerprint density at radius 2 is 2.06 bits per heavy atom. The van der Waals surface area contributed by atoms with E-state index < -0.39 is 0 Å². The molecule has 4 nitrogen and oxygen atoms in total. The molecule has 0 spiro atoms. The lowest BCUT2D eigenvalue weighted by Crippen LogP contribution is -2.32. The van der Waals surface area contributed by atoms with Crippen molar-refractivity contribution in [2.75, 3.05) is 13.7 Å². The molecule has 1 rings (SSSR count). The van der Waals surface area contributed by atoms with E-state index in [2.05, 4.69) is 18.8 Å². The maximum atomic E-state index is 6.20. The summed E-state index contributed by atoms with van der Waals surface area (Å²) in [5, 5.41) is 0. The fraction of sp³-hybridized carbons (Fsp3) is 0.615. The largest absolute Gasteiger partial charge is 0.492 e. The maximum Gasteiger partial charge on any atom is 0.137 e. The second-order valence-electron chi connectivity index (χ2n) is 4.36. The Morgan fingerprint density at radius 1 is 1.35 bits per heavy atom. The van der Waals surface area contributed by atoms with E-state index in [1.165, 1.54) is 0 Å². The highest BCUT2D eigenvalue weighted by atomic mass is 16.5. The summed E-state index contributed by atoms with van der Waals surface area (Å²) in [7, 11) is 1.68. The van der Waals surface area contributed by atoms with Crippen LogP contribution in [0.5, 0.6) is 5.75 Å². The van der Waals surface area contributed by atoms with Gasteiger partial charge in [0.25, 0.3) is 0 Å². The minimum Gasteiger partial charge on any atom is -0.492 e. The van der Waals surface area contributed by atoms with Gasteiger partial charge in [-0.1, -0.05) is 13.8 Å². The first kappa shape index (κ1) is 13.9. The first-order chi connectivity index (χ1) is 8.10. The first-order valence-corrected chi connectivity index (χ1v) is 5.96. The average Bonchev–Trinajstić information content (AvgIpc) is 2.30. The third-order valence-corrected chi connectivity index (χ3v) is 2.71. The first-order valence-electron chi connectivity index (χ1n) is 5.96. The lowest BCUT2D eigenvalue weighted by molar-refractivity contribution is 0.0436. The molecule has 0 aliphatic rings. The SMILES string of the molecule is CCOc1cncc(C(N)C(OC)C(C)C)c1. The molecule has 1 aromatic heterocycles. The second kappa shape index (κ2) is 6.57. The van der Waals surface area contributed by atoms with Crippen LogP contribution in [0.25, 0.3) is 0 Å². The van der Waals surface area contributed by atoms with E-state index >= 15 is 0 Å². The molecule has 0 saturated carbocycles. The fourth-order valence-corrected chi connectivity index (χ4v) is 1.89. The standard InChI is InChI=1S/C13H22N2O2/c1-5-17-11-6-10(7-15-8-11)12(14)13(16-4)9(2)3/h6-9,12-13H,5,14H2,1-4H3. The summed E-state index contributed by atoms with van der Waals surface area (Å²) in [5.41, 5.74) is 7.14. The van der Waals surface area contributed by atoms with Gasteiger partial charge in [0.05, 0.1) is 24.9 Å². The summed E-state index contributed by atoms with van der Waals surface area (Å²) in [6.07, 6.45) is 3.44. The highest BCUT2D eigenvalue weighted by Crippen LogP contribution is 2.24. The topological polar surface area (TPSA) is 57.4 Å². The normalized spacial score (nSPS) is 14.7. The molecule has 0 amide bonds. The van der Waals surface area contributed by atoms with Crippen LogP contribution < -0.4 is 10.5 Å². The van der Waals surface area contributed by atoms with Crippen LogP contribution >= 0.6 is 0 Å². The van der Waals surface area contributed by atoms with Gasteiger partial charge in [-0.05, 0) is 24.5 Å². The molecule has 0 fully saturated rings. The van der Waals surface area contributed by atoms with Crippen molar-refractivity contribution in [2.45, 2.75) is 32.9 Å². The molecule has 0 radical (unpaired) electrons. The van der Waals surface area contributed by atoms with Crippen LogP contribution in [0.4, 0.5) is 0 Å². The number of pyridine rings is 1. The molecule has 17 heavy (non-hydrogen) atoms. The predicted molar refractivity (Wildman–Crippen MR) is 68.0 cm³/mol. The molecule has 0 aliphatic heterocycles. The molecule has 1 heterocycles. The molecule has 96 valence electrons. The number of hydrogen-bond donors (Lipinski definition) is 1. The van der Waals surface area contributed by atoms with Crippen LogP contribution in [-0.2, 0) is 4.74 Å². The second-order valence-corrected chi connectivity index (χ2v) is 4.36. The van der Waals surface area contributed by atoms with Gasteiger partial charge in [0.2, 0.25) is 0 Å². The van der Waals surface area contributed by atoms with Crippen molar-refractivity contribution in [1.82, 2.24) is 4.98 Å². The molecular formula is C13H22N2O2. The van der Waals surface area contributed by atoms with E-state index in [4.69, 9.17) is 15.2 Å². The Hall–Kier alpha value is -1.13. The molecule has 4 heteroatoms. The quantitative estimate of drug-likeness (QED) is 0.825. The minimum absolute atomic E-state index is 0.0197. The van der Waals surface area contributed by atoms with Crippen molar-refractivity contribution in [3.8, 4) is 5.75 Å². The Labute approximate surface area is 103 Å². The molecule has 0 aromatic carbocycles. The van der Waals surface area contributed by atoms with Gasteiger partial charge in [0.15, 0.2) is 0 Å². The van der Waals surface area contributed by atoms with Crippen LogP contribution in [0.3, 0.4) is 0 Å². The third kappa shape index (κ3) is 3.68. The number of methoxy groups -OCH3 is 1. The number of aromatic nitrogens is 1. The summed E-state index contributed by atoms with van der Waals surface area (Å²) in [5.74, 6) is 1.10. The zero-order valence-electron chi connectivity index (χ0n) is 11.0. The van der Waals surface area contributed by atoms with Gasteiger partial charge < -0.3 is 15.2 Å². The van der Waals surface area contributed by atoms with Gasteiger partial charge in [0.1, 0.15) is 5.75 Å². The van der Waals surface area contributed by atoms with Crippen molar-refractivity contribution in [1.29, 1.82) is 0 Å². The van der Waals surface area contributed by atoms with Crippen LogP contribution in [0.15, 0.2) is 18.5 Å². The van der Waals surface area contributed by atoms with Crippen molar-refractivity contribution >= 4 is 0 Å². The molecule has 2 unspecified atom stereocenters. The van der Waals surface area contributed by atoms with E-state index in [1.54, 1.807) is 19.5 Å². The van der Waals surface area contributed by atoms with Gasteiger partial charge in [-0.25, -0.2) is 0 Å². The van der Waals surface area contributed by atoms with Crippen LogP contribution in [0.2, 0.25) is 0 Å². The van der Waals surface area contributed by atoms with Crippen molar-refractivity contribution in [3.05, 3.63) is 24.0 Å². The van der Waals surface area contributed by atoms with E-state index in [1.807, 2.05) is 13.0 Å². The summed E-state index contributed by atoms with van der Waals surface area (Å²) in [6.45, 7) is 6.75. The van der Waals surface area contributed by atoms with E-state index in [-0.39, 0.29) is 12.1 Å². The van der Waals surface area contributed by atoms with Gasteiger partial charge in [0, 0.05) is 13.3 Å². The number of nitrogens with two attached hydrogens (primary N) is 1. The summed E-state index contributed by atoms with van der Waals surface area (Å²) in [6, 6.07) is 1.74. The number of ether oxygens (including phenoxy) is 2. The number of rotatable bonds is 6. The third-order valence-electron chi connectivity index (χ3n) is 2.71. The lowest BCUT2D eigenvalue weighted by Gasteiger charge is -2.26. The van der Waals surface area contributed by atoms with Crippen LogP contribution in [0.1, 0.15) is 32.4 Å². The smallest absolute Gasteiger partial charge is 0.137 e. The summed E-state index contributed by atoms with van der Waals surface area (Å²) < 4.78 is 10.8. The molecule has 0 aliphatic carbocycles. The molecular weight excluding hydrogens is 216 g/mol. The molecule has 2 N–H and O–H groups in total. The molecule has 1 aromatic rings. The Bertz CT molecular complexity index is 342. The summed E-state index contributed by atoms with van der Waals surface area (Å²) >= 11 is 0. The lowest BCUT2D eigenvalue weighted by atomic mass is 9.95.